The van der Waals surface area contributed by atoms with Crippen LogP contribution in [0.2, 0.25) is 0 Å². The number of hydrogen-bond acceptors (Lipinski definition) is 4. The Morgan fingerprint density at radius 2 is 1.28 bits per heavy atom. The average Bonchev–Trinajstić information content (AvgIpc) is 3.30. The monoisotopic (exact) mass is 504 g/mol. The number of benzene rings is 2. The minimum absolute atomic E-state index is 0.251. The normalized spacial score (nSPS) is 17.1. The molecule has 2 aromatic heterocycles. The Kier molecular flexibility index (Phi) is 5.67. The zero-order valence-electron chi connectivity index (χ0n) is 18.8. The van der Waals surface area contributed by atoms with E-state index in [4.69, 9.17) is 9.31 Å². The molecule has 10 heteroatoms. The molecule has 1 aliphatic heterocycles. The third-order valence-electron chi connectivity index (χ3n) is 6.09. The highest BCUT2D eigenvalue weighted by Gasteiger charge is 2.51. The molecule has 0 spiro atoms. The Balaban J connectivity index is 0.000000174. The minimum atomic E-state index is -0.556. The predicted octanol–water partition coefficient (Wildman–Crippen LogP) is 4.49. The van der Waals surface area contributed by atoms with Crippen molar-refractivity contribution in [1.82, 2.24) is 19.6 Å². The molecule has 1 saturated heterocycles. The lowest BCUT2D eigenvalue weighted by atomic mass is 9.78. The van der Waals surface area contributed by atoms with E-state index in [-0.39, 0.29) is 11.6 Å². The van der Waals surface area contributed by atoms with Crippen molar-refractivity contribution in [3.63, 3.8) is 0 Å². The van der Waals surface area contributed by atoms with E-state index < -0.39 is 18.3 Å². The lowest BCUT2D eigenvalue weighted by molar-refractivity contribution is 0.00578. The molecular formula is C22H24BBrF2N4O2. The van der Waals surface area contributed by atoms with Crippen LogP contribution in [-0.4, -0.2) is 37.9 Å². The van der Waals surface area contributed by atoms with Gasteiger partial charge < -0.3 is 9.31 Å². The second-order valence-electron chi connectivity index (χ2n) is 8.89. The van der Waals surface area contributed by atoms with Crippen LogP contribution in [-0.2, 0) is 23.4 Å². The molecule has 0 radical (unpaired) electrons. The van der Waals surface area contributed by atoms with Crippen molar-refractivity contribution < 1.29 is 18.1 Å². The van der Waals surface area contributed by atoms with E-state index in [2.05, 4.69) is 26.1 Å². The topological polar surface area (TPSA) is 54.1 Å². The zero-order chi connectivity index (χ0) is 23.4. The molecule has 0 atom stereocenters. The Morgan fingerprint density at radius 1 is 0.812 bits per heavy atom. The van der Waals surface area contributed by atoms with Gasteiger partial charge in [-0.25, -0.2) is 8.78 Å². The first kappa shape index (κ1) is 22.9. The second-order valence-corrected chi connectivity index (χ2v) is 9.81. The lowest BCUT2D eigenvalue weighted by Crippen LogP contribution is -2.41. The quantitative estimate of drug-likeness (QED) is 0.358. The molecule has 0 unspecified atom stereocenters. The zero-order valence-corrected chi connectivity index (χ0v) is 20.4. The minimum Gasteiger partial charge on any atom is -0.399 e. The van der Waals surface area contributed by atoms with Gasteiger partial charge in [0.25, 0.3) is 0 Å². The van der Waals surface area contributed by atoms with E-state index in [1.54, 1.807) is 26.5 Å². The number of hydrogen-bond donors (Lipinski definition) is 0. The number of aromatic nitrogens is 4. The molecule has 0 bridgehead atoms. The van der Waals surface area contributed by atoms with E-state index in [0.29, 0.717) is 16.5 Å². The molecule has 0 aliphatic carbocycles. The SMILES string of the molecule is Cn1ncc2cc(B3OC(C)(C)C(C)(C)O3)cc(F)c21.Cn1ncc2cc(Br)cc(F)c21. The predicted molar refractivity (Wildman–Crippen MR) is 125 cm³/mol. The maximum Gasteiger partial charge on any atom is 0.494 e. The van der Waals surface area contributed by atoms with E-state index in [0.717, 1.165) is 15.2 Å². The van der Waals surface area contributed by atoms with Gasteiger partial charge in [-0.2, -0.15) is 10.2 Å². The van der Waals surface area contributed by atoms with Crippen LogP contribution in [0.3, 0.4) is 0 Å². The number of fused-ring (bicyclic) bond motifs is 2. The van der Waals surface area contributed by atoms with Crippen LogP contribution in [0.4, 0.5) is 8.78 Å². The molecule has 0 saturated carbocycles. The molecule has 3 heterocycles. The van der Waals surface area contributed by atoms with Crippen LogP contribution in [0.1, 0.15) is 27.7 Å². The van der Waals surface area contributed by atoms with E-state index >= 15 is 0 Å². The number of rotatable bonds is 1. The maximum absolute atomic E-state index is 14.2. The average molecular weight is 505 g/mol. The van der Waals surface area contributed by atoms with Crippen molar-refractivity contribution >= 4 is 50.3 Å². The molecule has 32 heavy (non-hydrogen) atoms. The third kappa shape index (κ3) is 3.95. The van der Waals surface area contributed by atoms with Crippen molar-refractivity contribution in [3.8, 4) is 0 Å². The summed E-state index contributed by atoms with van der Waals surface area (Å²) in [6.45, 7) is 7.91. The summed E-state index contributed by atoms with van der Waals surface area (Å²) in [6, 6.07) is 6.61. The molecule has 1 fully saturated rings. The summed E-state index contributed by atoms with van der Waals surface area (Å²) in [4.78, 5) is 0. The molecule has 1 aliphatic rings. The second kappa shape index (κ2) is 7.93. The number of nitrogens with zero attached hydrogens (tertiary/aromatic N) is 4. The summed E-state index contributed by atoms with van der Waals surface area (Å²) in [5.41, 5.74) is 0.848. The van der Waals surface area contributed by atoms with Gasteiger partial charge in [-0.05, 0) is 51.4 Å². The third-order valence-corrected chi connectivity index (χ3v) is 6.54. The lowest BCUT2D eigenvalue weighted by Gasteiger charge is -2.32. The van der Waals surface area contributed by atoms with Gasteiger partial charge >= 0.3 is 7.12 Å². The van der Waals surface area contributed by atoms with Crippen molar-refractivity contribution in [3.05, 3.63) is 52.8 Å². The van der Waals surface area contributed by atoms with Gasteiger partial charge in [-0.15, -0.1) is 0 Å². The van der Waals surface area contributed by atoms with Crippen LogP contribution < -0.4 is 5.46 Å². The fourth-order valence-electron chi connectivity index (χ4n) is 3.64. The molecule has 5 rings (SSSR count). The van der Waals surface area contributed by atoms with Crippen molar-refractivity contribution in [2.75, 3.05) is 0 Å². The first-order chi connectivity index (χ1) is 14.9. The Bertz CT molecular complexity index is 1300. The van der Waals surface area contributed by atoms with Crippen LogP contribution in [0.5, 0.6) is 0 Å². The fraction of sp³-hybridized carbons (Fsp3) is 0.364. The Morgan fingerprint density at radius 3 is 1.81 bits per heavy atom. The summed E-state index contributed by atoms with van der Waals surface area (Å²) in [7, 11) is 2.89. The van der Waals surface area contributed by atoms with Gasteiger partial charge in [0.2, 0.25) is 0 Å². The van der Waals surface area contributed by atoms with Crippen molar-refractivity contribution in [2.45, 2.75) is 38.9 Å². The van der Waals surface area contributed by atoms with Gasteiger partial charge in [0.05, 0.1) is 23.6 Å². The number of aryl methyl sites for hydroxylation is 2. The van der Waals surface area contributed by atoms with Crippen molar-refractivity contribution in [1.29, 1.82) is 0 Å². The Labute approximate surface area is 193 Å². The molecule has 6 nitrogen and oxygen atoms in total. The highest BCUT2D eigenvalue weighted by molar-refractivity contribution is 9.10. The summed E-state index contributed by atoms with van der Waals surface area (Å²) >= 11 is 3.22. The highest BCUT2D eigenvalue weighted by Crippen LogP contribution is 2.36. The highest BCUT2D eigenvalue weighted by atomic mass is 79.9. The van der Waals surface area contributed by atoms with E-state index in [1.807, 2.05) is 39.8 Å². The summed E-state index contributed by atoms with van der Waals surface area (Å²) in [5.74, 6) is -0.563. The van der Waals surface area contributed by atoms with Crippen LogP contribution in [0.15, 0.2) is 41.1 Å². The largest absolute Gasteiger partial charge is 0.494 e. The summed E-state index contributed by atoms with van der Waals surface area (Å²) in [5, 5.41) is 9.59. The van der Waals surface area contributed by atoms with Gasteiger partial charge in [0.15, 0.2) is 0 Å². The van der Waals surface area contributed by atoms with E-state index in [9.17, 15) is 8.78 Å². The molecule has 2 aromatic carbocycles. The Hall–Kier alpha value is -2.30. The van der Waals surface area contributed by atoms with Gasteiger partial charge in [0, 0.05) is 29.3 Å². The molecular weight excluding hydrogens is 481 g/mol. The van der Waals surface area contributed by atoms with Crippen LogP contribution in [0.25, 0.3) is 21.8 Å². The van der Waals surface area contributed by atoms with Crippen molar-refractivity contribution in [2.24, 2.45) is 14.1 Å². The molecule has 0 amide bonds. The van der Waals surface area contributed by atoms with Gasteiger partial charge in [-0.1, -0.05) is 22.0 Å². The number of halogens is 3. The van der Waals surface area contributed by atoms with Crippen LogP contribution >= 0.6 is 15.9 Å². The summed E-state index contributed by atoms with van der Waals surface area (Å²) < 4.78 is 43.1. The van der Waals surface area contributed by atoms with Gasteiger partial charge in [-0.3, -0.25) is 9.36 Å². The van der Waals surface area contributed by atoms with E-state index in [1.165, 1.54) is 21.5 Å². The fourth-order valence-corrected chi connectivity index (χ4v) is 4.08. The van der Waals surface area contributed by atoms with Crippen LogP contribution in [0, 0.1) is 11.6 Å². The summed E-state index contributed by atoms with van der Waals surface area (Å²) in [6.07, 6.45) is 3.29. The molecule has 0 N–H and O–H groups in total. The standard InChI is InChI=1S/C14H18BFN2O2.C8H6BrFN2/c1-13(2)14(3,4)20-15(19-13)10-6-9-8-17-18(5)12(9)11(16)7-10;1-12-8-5(4-11-12)2-6(9)3-7(8)10/h6-8H,1-5H3;2-4H,1H3. The maximum atomic E-state index is 14.2. The molecule has 4 aromatic rings. The van der Waals surface area contributed by atoms with Gasteiger partial charge in [0.1, 0.15) is 22.7 Å². The molecule has 168 valence electrons. The first-order valence-corrected chi connectivity index (χ1v) is 10.9. The first-order valence-electron chi connectivity index (χ1n) is 10.1. The smallest absolute Gasteiger partial charge is 0.399 e.